The van der Waals surface area contributed by atoms with Crippen molar-refractivity contribution in [1.29, 1.82) is 0 Å². The van der Waals surface area contributed by atoms with Crippen molar-refractivity contribution in [3.63, 3.8) is 0 Å². The van der Waals surface area contributed by atoms with E-state index in [1.807, 2.05) is 6.07 Å². The molecule has 1 aliphatic carbocycles. The molecule has 0 aromatic heterocycles. The van der Waals surface area contributed by atoms with E-state index in [0.717, 1.165) is 18.3 Å². The van der Waals surface area contributed by atoms with Crippen LogP contribution in [-0.4, -0.2) is 12.6 Å². The van der Waals surface area contributed by atoms with Gasteiger partial charge >= 0.3 is 0 Å². The molecule has 2 nitrogen and oxygen atoms in total. The minimum atomic E-state index is 0.566. The Kier molecular flexibility index (Phi) is 5.12. The van der Waals surface area contributed by atoms with E-state index >= 15 is 0 Å². The first kappa shape index (κ1) is 14.2. The highest BCUT2D eigenvalue weighted by molar-refractivity contribution is 5.49. The predicted octanol–water partition coefficient (Wildman–Crippen LogP) is 4.71. The first-order valence-corrected chi connectivity index (χ1v) is 7.68. The number of rotatable bonds is 6. The van der Waals surface area contributed by atoms with E-state index in [0.29, 0.717) is 12.0 Å². The molecule has 1 aromatic carbocycles. The average molecular weight is 261 g/mol. The summed E-state index contributed by atoms with van der Waals surface area (Å²) >= 11 is 0. The quantitative estimate of drug-likeness (QED) is 0.800. The van der Waals surface area contributed by atoms with Gasteiger partial charge in [-0.1, -0.05) is 39.7 Å². The van der Waals surface area contributed by atoms with Crippen molar-refractivity contribution in [1.82, 2.24) is 0 Å². The monoisotopic (exact) mass is 261 g/mol. The van der Waals surface area contributed by atoms with Gasteiger partial charge in [-0.2, -0.15) is 0 Å². The van der Waals surface area contributed by atoms with Gasteiger partial charge in [0.15, 0.2) is 0 Å². The molecule has 1 saturated carbocycles. The van der Waals surface area contributed by atoms with Gasteiger partial charge < -0.3 is 10.1 Å². The number of benzene rings is 1. The lowest BCUT2D eigenvalue weighted by Gasteiger charge is -2.21. The Labute approximate surface area is 117 Å². The molecule has 0 amide bonds. The maximum absolute atomic E-state index is 5.79. The molecule has 2 rings (SSSR count). The minimum Gasteiger partial charge on any atom is -0.493 e. The fourth-order valence-electron chi connectivity index (χ4n) is 2.87. The molecule has 0 radical (unpaired) electrons. The van der Waals surface area contributed by atoms with Gasteiger partial charge in [0.1, 0.15) is 5.75 Å². The van der Waals surface area contributed by atoms with Gasteiger partial charge in [-0.05, 0) is 36.8 Å². The van der Waals surface area contributed by atoms with Crippen LogP contribution in [0.4, 0.5) is 5.69 Å². The number of hydrogen-bond donors (Lipinski definition) is 1. The molecule has 1 aromatic rings. The molecule has 2 unspecified atom stereocenters. The molecule has 2 atom stereocenters. The van der Waals surface area contributed by atoms with Gasteiger partial charge in [-0.3, -0.25) is 0 Å². The van der Waals surface area contributed by atoms with E-state index in [4.69, 9.17) is 4.74 Å². The van der Waals surface area contributed by atoms with Crippen LogP contribution in [0.3, 0.4) is 0 Å². The van der Waals surface area contributed by atoms with Crippen molar-refractivity contribution in [3.05, 3.63) is 24.3 Å². The molecular weight excluding hydrogens is 234 g/mol. The van der Waals surface area contributed by atoms with Crippen LogP contribution in [0.25, 0.3) is 0 Å². The first-order valence-electron chi connectivity index (χ1n) is 7.68. The summed E-state index contributed by atoms with van der Waals surface area (Å²) in [5, 5.41) is 3.69. The molecule has 1 N–H and O–H groups in total. The Hall–Kier alpha value is -1.18. The van der Waals surface area contributed by atoms with Crippen LogP contribution in [0.5, 0.6) is 5.75 Å². The molecule has 0 spiro atoms. The van der Waals surface area contributed by atoms with Crippen molar-refractivity contribution in [2.45, 2.75) is 52.5 Å². The van der Waals surface area contributed by atoms with Crippen LogP contribution in [-0.2, 0) is 0 Å². The summed E-state index contributed by atoms with van der Waals surface area (Å²) in [5.41, 5.74) is 1.20. The van der Waals surface area contributed by atoms with Gasteiger partial charge in [0.05, 0.1) is 6.61 Å². The second-order valence-electron chi connectivity index (χ2n) is 6.08. The number of nitrogens with one attached hydrogen (secondary N) is 1. The molecule has 0 bridgehead atoms. The summed E-state index contributed by atoms with van der Waals surface area (Å²) in [6.07, 6.45) is 5.31. The Morgan fingerprint density at radius 3 is 2.89 bits per heavy atom. The van der Waals surface area contributed by atoms with Crippen LogP contribution in [0.1, 0.15) is 46.5 Å². The summed E-state index contributed by atoms with van der Waals surface area (Å²) in [5.74, 6) is 2.38. The van der Waals surface area contributed by atoms with Crippen molar-refractivity contribution >= 4 is 5.69 Å². The predicted molar refractivity (Wildman–Crippen MR) is 81.8 cm³/mol. The standard InChI is InChI=1S/C17H27NO/c1-4-14-7-5-10-17(14)18-15-8-6-9-16(11-15)19-12-13(2)3/h6,8-9,11,13-14,17-18H,4-5,7,10,12H2,1-3H3. The first-order chi connectivity index (χ1) is 9.19. The highest BCUT2D eigenvalue weighted by atomic mass is 16.5. The largest absolute Gasteiger partial charge is 0.493 e. The molecule has 1 aliphatic rings. The molecule has 19 heavy (non-hydrogen) atoms. The highest BCUT2D eigenvalue weighted by Gasteiger charge is 2.25. The lowest BCUT2D eigenvalue weighted by molar-refractivity contribution is 0.271. The summed E-state index contributed by atoms with van der Waals surface area (Å²) < 4.78 is 5.79. The number of anilines is 1. The Morgan fingerprint density at radius 2 is 2.16 bits per heavy atom. The minimum absolute atomic E-state index is 0.566. The molecule has 2 heteroatoms. The van der Waals surface area contributed by atoms with Crippen LogP contribution in [0.15, 0.2) is 24.3 Å². The Bertz CT molecular complexity index is 389. The molecule has 0 saturated heterocycles. The third-order valence-electron chi connectivity index (χ3n) is 3.95. The van der Waals surface area contributed by atoms with E-state index < -0.39 is 0 Å². The lowest BCUT2D eigenvalue weighted by atomic mass is 10.0. The van der Waals surface area contributed by atoms with Gasteiger partial charge in [-0.25, -0.2) is 0 Å². The van der Waals surface area contributed by atoms with Crippen LogP contribution in [0, 0.1) is 11.8 Å². The molecular formula is C17H27NO. The third-order valence-corrected chi connectivity index (χ3v) is 3.95. The van der Waals surface area contributed by atoms with Crippen molar-refractivity contribution in [3.8, 4) is 5.75 Å². The zero-order valence-corrected chi connectivity index (χ0v) is 12.5. The molecule has 0 heterocycles. The van der Waals surface area contributed by atoms with Crippen molar-refractivity contribution in [2.75, 3.05) is 11.9 Å². The number of ether oxygens (including phenoxy) is 1. The summed E-state index contributed by atoms with van der Waals surface area (Å²) in [6.45, 7) is 7.43. The zero-order valence-electron chi connectivity index (χ0n) is 12.5. The highest BCUT2D eigenvalue weighted by Crippen LogP contribution is 2.31. The average Bonchev–Trinajstić information content (AvgIpc) is 2.84. The second kappa shape index (κ2) is 6.83. The van der Waals surface area contributed by atoms with Crippen molar-refractivity contribution < 1.29 is 4.74 Å². The summed E-state index contributed by atoms with van der Waals surface area (Å²) in [6, 6.07) is 9.04. The van der Waals surface area contributed by atoms with Crippen LogP contribution < -0.4 is 10.1 Å². The lowest BCUT2D eigenvalue weighted by Crippen LogP contribution is -2.23. The van der Waals surface area contributed by atoms with E-state index in [1.165, 1.54) is 31.4 Å². The van der Waals surface area contributed by atoms with E-state index in [1.54, 1.807) is 0 Å². The third kappa shape index (κ3) is 4.15. The van der Waals surface area contributed by atoms with E-state index in [-0.39, 0.29) is 0 Å². The van der Waals surface area contributed by atoms with Gasteiger partial charge in [0.25, 0.3) is 0 Å². The fraction of sp³-hybridized carbons (Fsp3) is 0.647. The maximum atomic E-state index is 5.79. The second-order valence-corrected chi connectivity index (χ2v) is 6.08. The summed E-state index contributed by atoms with van der Waals surface area (Å²) in [4.78, 5) is 0. The van der Waals surface area contributed by atoms with E-state index in [9.17, 15) is 0 Å². The van der Waals surface area contributed by atoms with Crippen LogP contribution >= 0.6 is 0 Å². The topological polar surface area (TPSA) is 21.3 Å². The molecule has 106 valence electrons. The summed E-state index contributed by atoms with van der Waals surface area (Å²) in [7, 11) is 0. The smallest absolute Gasteiger partial charge is 0.121 e. The van der Waals surface area contributed by atoms with Gasteiger partial charge in [0.2, 0.25) is 0 Å². The van der Waals surface area contributed by atoms with Crippen molar-refractivity contribution in [2.24, 2.45) is 11.8 Å². The van der Waals surface area contributed by atoms with Crippen LogP contribution in [0.2, 0.25) is 0 Å². The fourth-order valence-corrected chi connectivity index (χ4v) is 2.87. The SMILES string of the molecule is CCC1CCCC1Nc1cccc(OCC(C)C)c1. The Morgan fingerprint density at radius 1 is 1.32 bits per heavy atom. The van der Waals surface area contributed by atoms with Gasteiger partial charge in [0, 0.05) is 17.8 Å². The molecule has 0 aliphatic heterocycles. The maximum Gasteiger partial charge on any atom is 0.121 e. The number of hydrogen-bond acceptors (Lipinski definition) is 2. The normalized spacial score (nSPS) is 22.7. The Balaban J connectivity index is 1.94. The zero-order chi connectivity index (χ0) is 13.7. The molecule has 1 fully saturated rings. The van der Waals surface area contributed by atoms with E-state index in [2.05, 4.69) is 44.3 Å². The van der Waals surface area contributed by atoms with Gasteiger partial charge in [-0.15, -0.1) is 0 Å².